The fraction of sp³-hybridized carbons (Fsp3) is 0.400. The standard InChI is InChI=1S/C20H19ClF4N6O4/c1-29-19(33)17-9-7-30(20(34)27-12-3-2-10(22)15(21)16(12)25)5-4-11(9)28-31(17)8-13(35-29)18(32)26-6-14(23)24/h2-3,13-14H,4-8H2,1H3,(H,26,32)(H,27,34). The van der Waals surface area contributed by atoms with E-state index >= 15 is 0 Å². The summed E-state index contributed by atoms with van der Waals surface area (Å²) in [6, 6.07) is 1.23. The molecule has 2 aromatic rings. The Balaban J connectivity index is 1.54. The van der Waals surface area contributed by atoms with Gasteiger partial charge in [-0.1, -0.05) is 11.6 Å². The van der Waals surface area contributed by atoms with E-state index in [-0.39, 0.29) is 37.4 Å². The first-order valence-corrected chi connectivity index (χ1v) is 10.7. The number of aromatic nitrogens is 2. The Bertz CT molecular complexity index is 1190. The van der Waals surface area contributed by atoms with Crippen molar-refractivity contribution in [3.05, 3.63) is 45.7 Å². The zero-order chi connectivity index (χ0) is 25.4. The second-order valence-electron chi connectivity index (χ2n) is 7.81. The molecule has 1 unspecified atom stereocenters. The number of nitrogens with one attached hydrogen (secondary N) is 2. The molecule has 2 N–H and O–H groups in total. The summed E-state index contributed by atoms with van der Waals surface area (Å²) in [7, 11) is 1.26. The molecule has 0 fully saturated rings. The lowest BCUT2D eigenvalue weighted by molar-refractivity contribution is -0.168. The second kappa shape index (κ2) is 9.70. The summed E-state index contributed by atoms with van der Waals surface area (Å²) in [5.41, 5.74) is 0.664. The molecule has 2 aliphatic rings. The Morgan fingerprint density at radius 2 is 2.06 bits per heavy atom. The minimum absolute atomic E-state index is 0.0696. The fourth-order valence-electron chi connectivity index (χ4n) is 3.79. The Hall–Kier alpha value is -3.39. The highest BCUT2D eigenvalue weighted by atomic mass is 35.5. The molecule has 1 atom stereocenters. The number of alkyl halides is 2. The van der Waals surface area contributed by atoms with Crippen molar-refractivity contribution in [2.75, 3.05) is 25.5 Å². The third-order valence-corrected chi connectivity index (χ3v) is 5.85. The van der Waals surface area contributed by atoms with E-state index in [0.29, 0.717) is 11.3 Å². The summed E-state index contributed by atoms with van der Waals surface area (Å²) < 4.78 is 53.7. The molecule has 4 rings (SSSR count). The van der Waals surface area contributed by atoms with E-state index in [1.165, 1.54) is 16.6 Å². The molecule has 15 heteroatoms. The van der Waals surface area contributed by atoms with E-state index in [1.807, 2.05) is 5.32 Å². The lowest BCUT2D eigenvalue weighted by Crippen LogP contribution is -2.43. The molecule has 0 saturated heterocycles. The highest BCUT2D eigenvalue weighted by molar-refractivity contribution is 6.31. The van der Waals surface area contributed by atoms with E-state index < -0.39 is 53.6 Å². The van der Waals surface area contributed by atoms with Gasteiger partial charge in [0.15, 0.2) is 11.9 Å². The summed E-state index contributed by atoms with van der Waals surface area (Å²) in [6.45, 7) is -0.999. The largest absolute Gasteiger partial charge is 0.348 e. The van der Waals surface area contributed by atoms with Crippen LogP contribution in [0.4, 0.5) is 28.0 Å². The summed E-state index contributed by atoms with van der Waals surface area (Å²) in [5, 5.41) is 8.79. The molecule has 0 aliphatic carbocycles. The average molecular weight is 519 g/mol. The fourth-order valence-corrected chi connectivity index (χ4v) is 3.95. The van der Waals surface area contributed by atoms with Crippen molar-refractivity contribution in [3.63, 3.8) is 0 Å². The van der Waals surface area contributed by atoms with Crippen LogP contribution in [0, 0.1) is 11.6 Å². The first-order chi connectivity index (χ1) is 16.6. The number of carbonyl (C=O) groups excluding carboxylic acids is 3. The predicted molar refractivity (Wildman–Crippen MR) is 113 cm³/mol. The van der Waals surface area contributed by atoms with E-state index in [4.69, 9.17) is 16.4 Å². The van der Waals surface area contributed by atoms with Gasteiger partial charge in [0.05, 0.1) is 31.0 Å². The Labute approximate surface area is 200 Å². The molecule has 2 aliphatic heterocycles. The van der Waals surface area contributed by atoms with Crippen LogP contribution in [0.1, 0.15) is 21.7 Å². The molecule has 0 bridgehead atoms. The number of hydrogen-bond acceptors (Lipinski definition) is 5. The number of halogens is 5. The van der Waals surface area contributed by atoms with Crippen molar-refractivity contribution < 1.29 is 36.8 Å². The number of amides is 4. The third-order valence-electron chi connectivity index (χ3n) is 5.50. The van der Waals surface area contributed by atoms with Gasteiger partial charge in [-0.2, -0.15) is 5.10 Å². The number of benzene rings is 1. The van der Waals surface area contributed by atoms with Gasteiger partial charge < -0.3 is 15.5 Å². The first kappa shape index (κ1) is 24.7. The molecule has 188 valence electrons. The van der Waals surface area contributed by atoms with E-state index in [1.54, 1.807) is 0 Å². The number of carbonyl (C=O) groups is 3. The maximum absolute atomic E-state index is 14.2. The van der Waals surface area contributed by atoms with E-state index in [2.05, 4.69) is 10.4 Å². The van der Waals surface area contributed by atoms with Crippen molar-refractivity contribution in [2.45, 2.75) is 32.0 Å². The lowest BCUT2D eigenvalue weighted by Gasteiger charge is -2.27. The van der Waals surface area contributed by atoms with Gasteiger partial charge in [-0.25, -0.2) is 27.4 Å². The number of nitrogens with zero attached hydrogens (tertiary/aromatic N) is 4. The van der Waals surface area contributed by atoms with Gasteiger partial charge in [0.1, 0.15) is 16.5 Å². The van der Waals surface area contributed by atoms with Crippen LogP contribution in [0.2, 0.25) is 5.02 Å². The number of rotatable bonds is 4. The smallest absolute Gasteiger partial charge is 0.322 e. The molecular weight excluding hydrogens is 500 g/mol. The van der Waals surface area contributed by atoms with Gasteiger partial charge in [-0.3, -0.25) is 19.1 Å². The molecule has 1 aromatic heterocycles. The highest BCUT2D eigenvalue weighted by Gasteiger charge is 2.37. The quantitative estimate of drug-likeness (QED) is 0.476. The van der Waals surface area contributed by atoms with Crippen LogP contribution in [0.3, 0.4) is 0 Å². The van der Waals surface area contributed by atoms with Gasteiger partial charge in [-0.15, -0.1) is 0 Å². The van der Waals surface area contributed by atoms with Crippen molar-refractivity contribution in [1.82, 2.24) is 25.1 Å². The molecule has 4 amide bonds. The van der Waals surface area contributed by atoms with Crippen LogP contribution >= 0.6 is 11.6 Å². The Morgan fingerprint density at radius 3 is 2.77 bits per heavy atom. The number of hydroxylamine groups is 2. The second-order valence-corrected chi connectivity index (χ2v) is 8.19. The van der Waals surface area contributed by atoms with Crippen LogP contribution in [-0.4, -0.2) is 70.3 Å². The minimum atomic E-state index is -2.76. The zero-order valence-corrected chi connectivity index (χ0v) is 18.9. The van der Waals surface area contributed by atoms with Crippen molar-refractivity contribution in [2.24, 2.45) is 0 Å². The Morgan fingerprint density at radius 1 is 1.31 bits per heavy atom. The molecular formula is C20H19ClF4N6O4. The van der Waals surface area contributed by atoms with Crippen LogP contribution in [0.5, 0.6) is 0 Å². The molecule has 1 aromatic carbocycles. The maximum Gasteiger partial charge on any atom is 0.322 e. The third kappa shape index (κ3) is 4.89. The first-order valence-electron chi connectivity index (χ1n) is 10.4. The molecule has 10 nitrogen and oxygen atoms in total. The number of anilines is 1. The van der Waals surface area contributed by atoms with E-state index in [0.717, 1.165) is 17.2 Å². The van der Waals surface area contributed by atoms with Gasteiger partial charge in [0, 0.05) is 25.6 Å². The summed E-state index contributed by atoms with van der Waals surface area (Å²) in [6.07, 6.45) is -3.81. The van der Waals surface area contributed by atoms with Crippen molar-refractivity contribution >= 4 is 35.1 Å². The normalized spacial score (nSPS) is 17.7. The molecule has 0 radical (unpaired) electrons. The monoisotopic (exact) mass is 518 g/mol. The van der Waals surface area contributed by atoms with Gasteiger partial charge in [0.2, 0.25) is 0 Å². The SMILES string of the molecule is CN1OC(C(=O)NCC(F)F)Cn2nc3c(c2C1=O)CN(C(=O)Nc1ccc(F)c(Cl)c1F)CC3. The van der Waals surface area contributed by atoms with Gasteiger partial charge >= 0.3 is 6.03 Å². The summed E-state index contributed by atoms with van der Waals surface area (Å²) in [4.78, 5) is 44.6. The van der Waals surface area contributed by atoms with E-state index in [9.17, 15) is 31.9 Å². The predicted octanol–water partition coefficient (Wildman–Crippen LogP) is 2.17. The van der Waals surface area contributed by atoms with Crippen LogP contribution < -0.4 is 10.6 Å². The minimum Gasteiger partial charge on any atom is -0.348 e. The van der Waals surface area contributed by atoms with Crippen LogP contribution in [0.15, 0.2) is 12.1 Å². The number of fused-ring (bicyclic) bond motifs is 3. The van der Waals surface area contributed by atoms with Crippen LogP contribution in [-0.2, 0) is 29.1 Å². The summed E-state index contributed by atoms with van der Waals surface area (Å²) in [5.74, 6) is -3.59. The molecule has 0 saturated carbocycles. The van der Waals surface area contributed by atoms with Gasteiger partial charge in [0.25, 0.3) is 18.2 Å². The topological polar surface area (TPSA) is 109 Å². The lowest BCUT2D eigenvalue weighted by atomic mass is 10.1. The maximum atomic E-state index is 14.2. The van der Waals surface area contributed by atoms with Crippen molar-refractivity contribution in [1.29, 1.82) is 0 Å². The Kier molecular flexibility index (Phi) is 6.85. The average Bonchev–Trinajstić information content (AvgIpc) is 3.12. The molecule has 35 heavy (non-hydrogen) atoms. The number of urea groups is 1. The van der Waals surface area contributed by atoms with Gasteiger partial charge in [-0.05, 0) is 12.1 Å². The highest BCUT2D eigenvalue weighted by Crippen LogP contribution is 2.28. The van der Waals surface area contributed by atoms with Crippen molar-refractivity contribution in [3.8, 4) is 0 Å². The molecule has 0 spiro atoms. The number of hydrogen-bond donors (Lipinski definition) is 2. The molecule has 3 heterocycles. The zero-order valence-electron chi connectivity index (χ0n) is 18.2. The van der Waals surface area contributed by atoms with Crippen LogP contribution in [0.25, 0.3) is 0 Å². The summed E-state index contributed by atoms with van der Waals surface area (Å²) >= 11 is 5.55.